The van der Waals surface area contributed by atoms with Crippen molar-refractivity contribution in [3.05, 3.63) is 22.4 Å². The Labute approximate surface area is 83.7 Å². The van der Waals surface area contributed by atoms with Gasteiger partial charge in [-0.3, -0.25) is 0 Å². The van der Waals surface area contributed by atoms with Gasteiger partial charge in [-0.05, 0) is 28.9 Å². The summed E-state index contributed by atoms with van der Waals surface area (Å²) in [4.78, 5) is 14.8. The molecule has 1 rings (SSSR count). The number of aromatic hydroxyl groups is 1. The number of hydrogen-bond donors (Lipinski definition) is 1. The molecule has 0 radical (unpaired) electrons. The van der Waals surface area contributed by atoms with Gasteiger partial charge >= 0.3 is 5.97 Å². The van der Waals surface area contributed by atoms with Crippen LogP contribution in [0.4, 0.5) is 0 Å². The zero-order chi connectivity index (χ0) is 9.84. The van der Waals surface area contributed by atoms with Crippen LogP contribution in [0.5, 0.6) is 5.75 Å². The maximum Gasteiger partial charge on any atom is 0.356 e. The number of aromatic nitrogens is 1. The van der Waals surface area contributed by atoms with E-state index in [1.165, 1.54) is 12.3 Å². The van der Waals surface area contributed by atoms with Crippen molar-refractivity contribution < 1.29 is 14.6 Å². The standard InChI is InChI=1S/C8H8BrNO3/c1-2-13-8(12)6-3-5(9)7(11)4-10-6/h3-4,11H,2H2,1H3. The fraction of sp³-hybridized carbons (Fsp3) is 0.250. The molecule has 0 aliphatic heterocycles. The van der Waals surface area contributed by atoms with Crippen molar-refractivity contribution in [2.75, 3.05) is 6.61 Å². The molecule has 1 N–H and O–H groups in total. The Morgan fingerprint density at radius 3 is 3.00 bits per heavy atom. The monoisotopic (exact) mass is 245 g/mol. The zero-order valence-corrected chi connectivity index (χ0v) is 8.54. The summed E-state index contributed by atoms with van der Waals surface area (Å²) in [5.41, 5.74) is 0.173. The van der Waals surface area contributed by atoms with Crippen LogP contribution in [0.2, 0.25) is 0 Å². The maximum absolute atomic E-state index is 11.1. The molecule has 4 nitrogen and oxygen atoms in total. The van der Waals surface area contributed by atoms with Crippen LogP contribution in [0, 0.1) is 0 Å². The van der Waals surface area contributed by atoms with E-state index in [0.29, 0.717) is 11.1 Å². The molecule has 0 aliphatic carbocycles. The van der Waals surface area contributed by atoms with E-state index in [9.17, 15) is 4.79 Å². The zero-order valence-electron chi connectivity index (χ0n) is 6.95. The normalized spacial score (nSPS) is 9.69. The van der Waals surface area contributed by atoms with E-state index in [2.05, 4.69) is 20.9 Å². The molecule has 13 heavy (non-hydrogen) atoms. The molecule has 1 heterocycles. The van der Waals surface area contributed by atoms with Crippen LogP contribution in [0.3, 0.4) is 0 Å². The molecule has 0 aliphatic rings. The molecular weight excluding hydrogens is 238 g/mol. The van der Waals surface area contributed by atoms with Crippen molar-refractivity contribution in [3.63, 3.8) is 0 Å². The number of ether oxygens (including phenoxy) is 1. The van der Waals surface area contributed by atoms with Gasteiger partial charge in [0.25, 0.3) is 0 Å². The van der Waals surface area contributed by atoms with E-state index in [-0.39, 0.29) is 11.4 Å². The van der Waals surface area contributed by atoms with Crippen LogP contribution >= 0.6 is 15.9 Å². The summed E-state index contributed by atoms with van der Waals surface area (Å²) in [6, 6.07) is 1.41. The third-order valence-electron chi connectivity index (χ3n) is 1.32. The Morgan fingerprint density at radius 2 is 2.46 bits per heavy atom. The maximum atomic E-state index is 11.1. The van der Waals surface area contributed by atoms with Gasteiger partial charge < -0.3 is 9.84 Å². The minimum Gasteiger partial charge on any atom is -0.505 e. The highest BCUT2D eigenvalue weighted by Gasteiger charge is 2.09. The lowest BCUT2D eigenvalue weighted by atomic mass is 10.3. The summed E-state index contributed by atoms with van der Waals surface area (Å²) in [6.45, 7) is 2.02. The lowest BCUT2D eigenvalue weighted by molar-refractivity contribution is 0.0519. The minimum absolute atomic E-state index is 0.00644. The molecule has 5 heteroatoms. The first-order chi connectivity index (χ1) is 6.15. The summed E-state index contributed by atoms with van der Waals surface area (Å²) in [5, 5.41) is 9.09. The van der Waals surface area contributed by atoms with Gasteiger partial charge in [0.2, 0.25) is 0 Å². The highest BCUT2D eigenvalue weighted by Crippen LogP contribution is 2.22. The van der Waals surface area contributed by atoms with Gasteiger partial charge in [-0.25, -0.2) is 9.78 Å². The molecule has 0 saturated heterocycles. The van der Waals surface area contributed by atoms with Crippen LogP contribution in [0.1, 0.15) is 17.4 Å². The Hall–Kier alpha value is -1.10. The van der Waals surface area contributed by atoms with Gasteiger partial charge in [-0.1, -0.05) is 0 Å². The molecule has 70 valence electrons. The second-order valence-electron chi connectivity index (χ2n) is 2.24. The van der Waals surface area contributed by atoms with Crippen molar-refractivity contribution in [1.82, 2.24) is 4.98 Å². The van der Waals surface area contributed by atoms with Gasteiger partial charge in [0.05, 0.1) is 17.3 Å². The van der Waals surface area contributed by atoms with Crippen molar-refractivity contribution in [1.29, 1.82) is 0 Å². The average molecular weight is 246 g/mol. The molecule has 0 spiro atoms. The van der Waals surface area contributed by atoms with Crippen molar-refractivity contribution >= 4 is 21.9 Å². The van der Waals surface area contributed by atoms with E-state index in [4.69, 9.17) is 9.84 Å². The lowest BCUT2D eigenvalue weighted by Gasteiger charge is -2.01. The highest BCUT2D eigenvalue weighted by molar-refractivity contribution is 9.10. The van der Waals surface area contributed by atoms with E-state index < -0.39 is 5.97 Å². The van der Waals surface area contributed by atoms with Crippen LogP contribution in [-0.4, -0.2) is 22.7 Å². The summed E-state index contributed by atoms with van der Waals surface area (Å²) in [7, 11) is 0. The van der Waals surface area contributed by atoms with Crippen LogP contribution in [0.15, 0.2) is 16.7 Å². The van der Waals surface area contributed by atoms with E-state index in [1.54, 1.807) is 6.92 Å². The molecule has 0 aromatic carbocycles. The van der Waals surface area contributed by atoms with Crippen molar-refractivity contribution in [2.45, 2.75) is 6.92 Å². The van der Waals surface area contributed by atoms with Crippen LogP contribution < -0.4 is 0 Å². The van der Waals surface area contributed by atoms with Gasteiger partial charge in [0.1, 0.15) is 11.4 Å². The number of pyridine rings is 1. The quantitative estimate of drug-likeness (QED) is 0.807. The first kappa shape index (κ1) is 9.98. The molecule has 0 amide bonds. The average Bonchev–Trinajstić information content (AvgIpc) is 2.10. The number of nitrogens with zero attached hydrogens (tertiary/aromatic N) is 1. The van der Waals surface area contributed by atoms with E-state index in [1.807, 2.05) is 0 Å². The summed E-state index contributed by atoms with van der Waals surface area (Å²) >= 11 is 3.07. The smallest absolute Gasteiger partial charge is 0.356 e. The number of rotatable bonds is 2. The second kappa shape index (κ2) is 4.23. The second-order valence-corrected chi connectivity index (χ2v) is 3.10. The Balaban J connectivity index is 2.90. The fourth-order valence-electron chi connectivity index (χ4n) is 0.740. The highest BCUT2D eigenvalue weighted by atomic mass is 79.9. The van der Waals surface area contributed by atoms with Crippen LogP contribution in [-0.2, 0) is 4.74 Å². The Morgan fingerprint density at radius 1 is 1.77 bits per heavy atom. The topological polar surface area (TPSA) is 59.4 Å². The molecule has 0 atom stereocenters. The molecular formula is C8H8BrNO3. The number of carbonyl (C=O) groups is 1. The molecule has 0 bridgehead atoms. The van der Waals surface area contributed by atoms with Crippen molar-refractivity contribution in [2.24, 2.45) is 0 Å². The molecule has 1 aromatic rings. The number of carbonyl (C=O) groups excluding carboxylic acids is 1. The summed E-state index contributed by atoms with van der Waals surface area (Å²) in [5.74, 6) is -0.503. The Kier molecular flexibility index (Phi) is 3.25. The van der Waals surface area contributed by atoms with E-state index >= 15 is 0 Å². The largest absolute Gasteiger partial charge is 0.505 e. The number of hydrogen-bond acceptors (Lipinski definition) is 4. The van der Waals surface area contributed by atoms with Gasteiger partial charge in [0, 0.05) is 0 Å². The van der Waals surface area contributed by atoms with Gasteiger partial charge in [0.15, 0.2) is 0 Å². The molecule has 0 unspecified atom stereocenters. The third kappa shape index (κ3) is 2.42. The van der Waals surface area contributed by atoms with Crippen molar-refractivity contribution in [3.8, 4) is 5.75 Å². The SMILES string of the molecule is CCOC(=O)c1cc(Br)c(O)cn1. The van der Waals surface area contributed by atoms with Gasteiger partial charge in [-0.15, -0.1) is 0 Å². The molecule has 0 fully saturated rings. The molecule has 0 saturated carbocycles. The Bertz CT molecular complexity index is 327. The predicted molar refractivity (Wildman–Crippen MR) is 49.6 cm³/mol. The minimum atomic E-state index is -0.497. The number of halogens is 1. The van der Waals surface area contributed by atoms with E-state index in [0.717, 1.165) is 0 Å². The first-order valence-electron chi connectivity index (χ1n) is 3.66. The lowest BCUT2D eigenvalue weighted by Crippen LogP contribution is -2.06. The number of esters is 1. The molecule has 1 aromatic heterocycles. The summed E-state index contributed by atoms with van der Waals surface area (Å²) in [6.07, 6.45) is 1.19. The van der Waals surface area contributed by atoms with Gasteiger partial charge in [-0.2, -0.15) is 0 Å². The predicted octanol–water partition coefficient (Wildman–Crippen LogP) is 1.73. The first-order valence-corrected chi connectivity index (χ1v) is 4.46. The summed E-state index contributed by atoms with van der Waals surface area (Å²) < 4.78 is 5.14. The third-order valence-corrected chi connectivity index (χ3v) is 1.95. The van der Waals surface area contributed by atoms with Crippen LogP contribution in [0.25, 0.3) is 0 Å². The fourth-order valence-corrected chi connectivity index (χ4v) is 1.06.